The molecule has 0 aliphatic carbocycles. The summed E-state index contributed by atoms with van der Waals surface area (Å²) in [5.74, 6) is -1.19. The second-order valence-corrected chi connectivity index (χ2v) is 5.41. The number of rotatable bonds is 2. The third kappa shape index (κ3) is 1.88. The van der Waals surface area contributed by atoms with E-state index in [0.717, 1.165) is 11.3 Å². The molecular weight excluding hydrogens is 278 g/mol. The average Bonchev–Trinajstić information content (AvgIpc) is 2.92. The molecule has 0 saturated carbocycles. The van der Waals surface area contributed by atoms with Gasteiger partial charge in [-0.3, -0.25) is 4.79 Å². The highest BCUT2D eigenvalue weighted by Gasteiger charge is 2.26. The maximum absolute atomic E-state index is 12.6. The van der Waals surface area contributed by atoms with Gasteiger partial charge in [-0.25, -0.2) is 4.79 Å². The number of thiophene rings is 1. The number of pyridine rings is 1. The first kappa shape index (κ1) is 13.1. The van der Waals surface area contributed by atoms with Crippen LogP contribution in [-0.2, 0) is 17.9 Å². The van der Waals surface area contributed by atoms with E-state index < -0.39 is 11.4 Å². The fraction of sp³-hybridized carbons (Fsp3) is 0.286. The minimum Gasteiger partial charge on any atom is -0.477 e. The van der Waals surface area contributed by atoms with Crippen LogP contribution in [-0.4, -0.2) is 22.2 Å². The zero-order chi connectivity index (χ0) is 14.3. The Hall–Kier alpha value is -1.92. The van der Waals surface area contributed by atoms with Gasteiger partial charge in [0.15, 0.2) is 0 Å². The largest absolute Gasteiger partial charge is 0.477 e. The van der Waals surface area contributed by atoms with Gasteiger partial charge in [0.25, 0.3) is 0 Å². The van der Waals surface area contributed by atoms with Gasteiger partial charge in [0, 0.05) is 12.2 Å². The van der Waals surface area contributed by atoms with Crippen molar-refractivity contribution in [1.29, 1.82) is 0 Å². The van der Waals surface area contributed by atoms with E-state index in [2.05, 4.69) is 0 Å². The van der Waals surface area contributed by atoms with E-state index in [-0.39, 0.29) is 12.2 Å². The molecule has 2 aromatic rings. The standard InChI is InChI=1S/C14H13NO4S/c1-8-11(9-2-5-20-7-9)13(16)12(14(17)18)10-6-19-4-3-15(8)10/h2,5,7H,3-4,6H2,1H3,(H,17,18). The molecule has 6 heteroatoms. The van der Waals surface area contributed by atoms with Gasteiger partial charge in [0.1, 0.15) is 5.56 Å². The maximum Gasteiger partial charge on any atom is 0.341 e. The molecule has 2 aromatic heterocycles. The number of carboxylic acids is 1. The summed E-state index contributed by atoms with van der Waals surface area (Å²) in [5.41, 5.74) is 1.93. The average molecular weight is 291 g/mol. The fourth-order valence-corrected chi connectivity index (χ4v) is 3.28. The lowest BCUT2D eigenvalue weighted by Gasteiger charge is -2.25. The Balaban J connectivity index is 2.40. The summed E-state index contributed by atoms with van der Waals surface area (Å²) >= 11 is 1.48. The van der Waals surface area contributed by atoms with E-state index in [9.17, 15) is 14.7 Å². The van der Waals surface area contributed by atoms with E-state index in [1.165, 1.54) is 11.3 Å². The number of nitrogens with zero attached hydrogens (tertiary/aromatic N) is 1. The van der Waals surface area contributed by atoms with Crippen LogP contribution in [0, 0.1) is 6.92 Å². The lowest BCUT2D eigenvalue weighted by atomic mass is 10.0. The summed E-state index contributed by atoms with van der Waals surface area (Å²) in [6.45, 7) is 3.12. The Morgan fingerprint density at radius 3 is 2.95 bits per heavy atom. The van der Waals surface area contributed by atoms with Crippen LogP contribution in [0.2, 0.25) is 0 Å². The zero-order valence-electron chi connectivity index (χ0n) is 10.9. The summed E-state index contributed by atoms with van der Waals surface area (Å²) in [4.78, 5) is 24.0. The highest BCUT2D eigenvalue weighted by molar-refractivity contribution is 7.08. The molecule has 1 aliphatic rings. The van der Waals surface area contributed by atoms with E-state index >= 15 is 0 Å². The Morgan fingerprint density at radius 2 is 2.30 bits per heavy atom. The van der Waals surface area contributed by atoms with Crippen LogP contribution in [0.15, 0.2) is 21.6 Å². The Labute approximate surface area is 119 Å². The van der Waals surface area contributed by atoms with Crippen LogP contribution < -0.4 is 5.43 Å². The monoisotopic (exact) mass is 291 g/mol. The van der Waals surface area contributed by atoms with Gasteiger partial charge in [-0.1, -0.05) is 0 Å². The topological polar surface area (TPSA) is 68.5 Å². The van der Waals surface area contributed by atoms with Gasteiger partial charge in [0.05, 0.1) is 24.5 Å². The SMILES string of the molecule is Cc1c(-c2ccsc2)c(=O)c(C(=O)O)c2n1CCOC2. The molecule has 0 bridgehead atoms. The van der Waals surface area contributed by atoms with Crippen LogP contribution >= 0.6 is 11.3 Å². The summed E-state index contributed by atoms with van der Waals surface area (Å²) in [5, 5.41) is 13.1. The fourth-order valence-electron chi connectivity index (χ4n) is 2.64. The number of aromatic carboxylic acids is 1. The second kappa shape index (κ2) is 4.88. The van der Waals surface area contributed by atoms with Crippen LogP contribution in [0.25, 0.3) is 11.1 Å². The number of hydrogen-bond acceptors (Lipinski definition) is 4. The Bertz CT molecular complexity index is 731. The highest BCUT2D eigenvalue weighted by Crippen LogP contribution is 2.26. The summed E-state index contributed by atoms with van der Waals surface area (Å²) in [7, 11) is 0. The molecule has 0 saturated heterocycles. The van der Waals surface area contributed by atoms with Gasteiger partial charge >= 0.3 is 5.97 Å². The third-order valence-corrected chi connectivity index (χ3v) is 4.24. The summed E-state index contributed by atoms with van der Waals surface area (Å²) in [6.07, 6.45) is 0. The zero-order valence-corrected chi connectivity index (χ0v) is 11.7. The van der Waals surface area contributed by atoms with Crippen molar-refractivity contribution in [2.45, 2.75) is 20.1 Å². The normalized spacial score (nSPS) is 14.1. The van der Waals surface area contributed by atoms with Gasteiger partial charge in [-0.2, -0.15) is 11.3 Å². The summed E-state index contributed by atoms with van der Waals surface area (Å²) in [6, 6.07) is 1.84. The Kier molecular flexibility index (Phi) is 3.19. The molecule has 3 rings (SSSR count). The summed E-state index contributed by atoms with van der Waals surface area (Å²) < 4.78 is 7.20. The molecule has 0 spiro atoms. The van der Waals surface area contributed by atoms with Gasteiger partial charge in [0.2, 0.25) is 5.43 Å². The first-order chi connectivity index (χ1) is 9.61. The molecule has 0 atom stereocenters. The quantitative estimate of drug-likeness (QED) is 0.920. The molecule has 20 heavy (non-hydrogen) atoms. The van der Waals surface area contributed by atoms with Crippen LogP contribution in [0.4, 0.5) is 0 Å². The second-order valence-electron chi connectivity index (χ2n) is 4.63. The van der Waals surface area contributed by atoms with Gasteiger partial charge in [-0.15, -0.1) is 0 Å². The van der Waals surface area contributed by atoms with Crippen LogP contribution in [0.3, 0.4) is 0 Å². The number of ether oxygens (including phenoxy) is 1. The molecule has 0 amide bonds. The predicted octanol–water partition coefficient (Wildman–Crippen LogP) is 2.11. The number of fused-ring (bicyclic) bond motifs is 1. The van der Waals surface area contributed by atoms with E-state index in [1.807, 2.05) is 28.3 Å². The third-order valence-electron chi connectivity index (χ3n) is 3.56. The first-order valence-corrected chi connectivity index (χ1v) is 7.15. The molecule has 0 unspecified atom stereocenters. The van der Waals surface area contributed by atoms with Crippen molar-refractivity contribution in [2.24, 2.45) is 0 Å². The number of aromatic nitrogens is 1. The molecule has 1 N–H and O–H groups in total. The number of carbonyl (C=O) groups is 1. The van der Waals surface area contributed by atoms with Gasteiger partial charge < -0.3 is 14.4 Å². The lowest BCUT2D eigenvalue weighted by molar-refractivity contribution is 0.0648. The van der Waals surface area contributed by atoms with E-state index in [1.54, 1.807) is 0 Å². The van der Waals surface area contributed by atoms with Crippen molar-refractivity contribution in [3.63, 3.8) is 0 Å². The molecule has 104 valence electrons. The van der Waals surface area contributed by atoms with Crippen LogP contribution in [0.5, 0.6) is 0 Å². The van der Waals surface area contributed by atoms with Crippen molar-refractivity contribution >= 4 is 17.3 Å². The van der Waals surface area contributed by atoms with Gasteiger partial charge in [-0.05, 0) is 29.3 Å². The van der Waals surface area contributed by atoms with E-state index in [4.69, 9.17) is 4.74 Å². The molecule has 0 aromatic carbocycles. The Morgan fingerprint density at radius 1 is 1.50 bits per heavy atom. The molecule has 0 fully saturated rings. The van der Waals surface area contributed by atoms with Crippen molar-refractivity contribution < 1.29 is 14.6 Å². The highest BCUT2D eigenvalue weighted by atomic mass is 32.1. The van der Waals surface area contributed by atoms with Crippen molar-refractivity contribution in [3.05, 3.63) is 44.0 Å². The first-order valence-electron chi connectivity index (χ1n) is 6.21. The van der Waals surface area contributed by atoms with Crippen molar-refractivity contribution in [2.75, 3.05) is 6.61 Å². The smallest absolute Gasteiger partial charge is 0.341 e. The van der Waals surface area contributed by atoms with Crippen molar-refractivity contribution in [1.82, 2.24) is 4.57 Å². The minimum absolute atomic E-state index is 0.168. The number of hydrogen-bond donors (Lipinski definition) is 1. The van der Waals surface area contributed by atoms with E-state index in [0.29, 0.717) is 24.4 Å². The molecular formula is C14H13NO4S. The van der Waals surface area contributed by atoms with Crippen LogP contribution in [0.1, 0.15) is 21.7 Å². The predicted molar refractivity (Wildman–Crippen MR) is 75.4 cm³/mol. The molecule has 0 radical (unpaired) electrons. The maximum atomic E-state index is 12.6. The minimum atomic E-state index is -1.19. The molecule has 1 aliphatic heterocycles. The number of carboxylic acid groups (broad SMARTS) is 1. The molecule has 5 nitrogen and oxygen atoms in total. The van der Waals surface area contributed by atoms with Crippen molar-refractivity contribution in [3.8, 4) is 11.1 Å². The lowest BCUT2D eigenvalue weighted by Crippen LogP contribution is -2.31. The molecule has 3 heterocycles.